The zero-order valence-corrected chi connectivity index (χ0v) is 27.7. The molecule has 2 aliphatic rings. The maximum atomic E-state index is 14.2. The SMILES string of the molecule is N[C@H]1CC[C@H](NC(=O)c2cc(F)cnc2Oc2cccc(-c3cccc(CCCN4CCN(C(=O)OCc5ccccc5)CC4)c3)c2)CC1. The van der Waals surface area contributed by atoms with Crippen LogP contribution in [0.1, 0.15) is 53.6 Å². The first kappa shape index (κ1) is 34.1. The highest BCUT2D eigenvalue weighted by atomic mass is 19.1. The Labute approximate surface area is 287 Å². The van der Waals surface area contributed by atoms with Crippen LogP contribution in [0.2, 0.25) is 0 Å². The average molecular weight is 666 g/mol. The molecule has 256 valence electrons. The summed E-state index contributed by atoms with van der Waals surface area (Å²) in [5, 5.41) is 3.00. The standard InChI is InChI=1S/C39H44FN5O4/c40-32-25-36(37(46)43-34-16-14-33(41)15-17-34)38(42-26-32)49-35-13-5-12-31(24-35)30-11-4-9-28(23-30)10-6-18-44-19-21-45(22-20-44)39(47)48-27-29-7-2-1-3-8-29/h1-5,7-9,11-13,23-26,33-34H,6,10,14-22,27,41H2,(H,43,46)/t33-,34-. The van der Waals surface area contributed by atoms with Gasteiger partial charge >= 0.3 is 6.09 Å². The van der Waals surface area contributed by atoms with Gasteiger partial charge < -0.3 is 25.4 Å². The molecule has 2 fully saturated rings. The molecule has 1 saturated heterocycles. The summed E-state index contributed by atoms with van der Waals surface area (Å²) >= 11 is 0. The number of nitrogens with zero attached hydrogens (tertiary/aromatic N) is 3. The molecule has 49 heavy (non-hydrogen) atoms. The zero-order valence-electron chi connectivity index (χ0n) is 27.7. The first-order valence-corrected chi connectivity index (χ1v) is 17.2. The second-order valence-electron chi connectivity index (χ2n) is 12.9. The molecule has 0 spiro atoms. The number of hydrogen-bond acceptors (Lipinski definition) is 7. The fourth-order valence-corrected chi connectivity index (χ4v) is 6.43. The van der Waals surface area contributed by atoms with Gasteiger partial charge in [0.1, 0.15) is 23.7 Å². The van der Waals surface area contributed by atoms with Crippen LogP contribution in [0.15, 0.2) is 91.1 Å². The third-order valence-electron chi connectivity index (χ3n) is 9.25. The second-order valence-corrected chi connectivity index (χ2v) is 12.9. The van der Waals surface area contributed by atoms with E-state index in [0.717, 1.165) is 81.0 Å². The van der Waals surface area contributed by atoms with Crippen molar-refractivity contribution in [2.24, 2.45) is 5.73 Å². The fraction of sp³-hybridized carbons (Fsp3) is 0.359. The number of amides is 2. The van der Waals surface area contributed by atoms with Gasteiger partial charge in [-0.3, -0.25) is 9.69 Å². The molecule has 4 aromatic rings. The molecule has 0 unspecified atom stereocenters. The molecule has 9 nitrogen and oxygen atoms in total. The highest BCUT2D eigenvalue weighted by Gasteiger charge is 2.24. The van der Waals surface area contributed by atoms with Gasteiger partial charge in [0, 0.05) is 38.3 Å². The maximum absolute atomic E-state index is 14.2. The van der Waals surface area contributed by atoms with E-state index in [4.69, 9.17) is 15.2 Å². The number of ether oxygens (including phenoxy) is 2. The molecular weight excluding hydrogens is 621 g/mol. The Hall–Kier alpha value is -4.80. The van der Waals surface area contributed by atoms with E-state index in [9.17, 15) is 14.0 Å². The van der Waals surface area contributed by atoms with Gasteiger partial charge in [-0.05, 0) is 85.5 Å². The number of carbonyl (C=O) groups is 2. The number of carbonyl (C=O) groups excluding carboxylic acids is 2. The van der Waals surface area contributed by atoms with Crippen LogP contribution < -0.4 is 15.8 Å². The number of aryl methyl sites for hydroxylation is 1. The highest BCUT2D eigenvalue weighted by Crippen LogP contribution is 2.30. The Bertz CT molecular complexity index is 1700. The lowest BCUT2D eigenvalue weighted by Gasteiger charge is -2.34. The second kappa shape index (κ2) is 16.5. The number of halogens is 1. The Morgan fingerprint density at radius 3 is 2.35 bits per heavy atom. The molecule has 2 heterocycles. The van der Waals surface area contributed by atoms with Crippen molar-refractivity contribution in [2.45, 2.75) is 57.2 Å². The normalized spacial score (nSPS) is 18.1. The van der Waals surface area contributed by atoms with Gasteiger partial charge in [0.25, 0.3) is 5.91 Å². The van der Waals surface area contributed by atoms with Crippen molar-refractivity contribution >= 4 is 12.0 Å². The summed E-state index contributed by atoms with van der Waals surface area (Å²) in [6.45, 7) is 4.23. The summed E-state index contributed by atoms with van der Waals surface area (Å²) in [5.74, 6) is -0.449. The van der Waals surface area contributed by atoms with Gasteiger partial charge in [0.2, 0.25) is 5.88 Å². The molecule has 1 aliphatic heterocycles. The molecule has 1 aliphatic carbocycles. The predicted octanol–water partition coefficient (Wildman–Crippen LogP) is 6.57. The van der Waals surface area contributed by atoms with Crippen LogP contribution in [-0.2, 0) is 17.8 Å². The van der Waals surface area contributed by atoms with Crippen LogP contribution in [0.4, 0.5) is 9.18 Å². The van der Waals surface area contributed by atoms with Crippen LogP contribution in [0.25, 0.3) is 11.1 Å². The van der Waals surface area contributed by atoms with E-state index in [1.165, 1.54) is 11.6 Å². The third kappa shape index (κ3) is 9.64. The van der Waals surface area contributed by atoms with Gasteiger partial charge in [0.05, 0.1) is 6.20 Å². The smallest absolute Gasteiger partial charge is 0.410 e. The predicted molar refractivity (Wildman–Crippen MR) is 187 cm³/mol. The van der Waals surface area contributed by atoms with Crippen molar-refractivity contribution in [3.63, 3.8) is 0 Å². The van der Waals surface area contributed by atoms with E-state index < -0.39 is 11.7 Å². The van der Waals surface area contributed by atoms with Crippen LogP contribution in [0, 0.1) is 5.82 Å². The monoisotopic (exact) mass is 665 g/mol. The molecule has 0 bridgehead atoms. The van der Waals surface area contributed by atoms with Crippen molar-refractivity contribution in [3.05, 3.63) is 114 Å². The number of piperazine rings is 1. The Morgan fingerprint density at radius 2 is 1.57 bits per heavy atom. The summed E-state index contributed by atoms with van der Waals surface area (Å²) in [6, 6.07) is 27.1. The van der Waals surface area contributed by atoms with E-state index in [2.05, 4.69) is 39.5 Å². The van der Waals surface area contributed by atoms with Gasteiger partial charge in [-0.15, -0.1) is 0 Å². The fourth-order valence-electron chi connectivity index (χ4n) is 6.43. The average Bonchev–Trinajstić information content (AvgIpc) is 3.13. The van der Waals surface area contributed by atoms with E-state index in [1.54, 1.807) is 11.0 Å². The summed E-state index contributed by atoms with van der Waals surface area (Å²) in [4.78, 5) is 33.9. The number of aromatic nitrogens is 1. The number of hydrogen-bond donors (Lipinski definition) is 2. The lowest BCUT2D eigenvalue weighted by molar-refractivity contribution is 0.0714. The number of pyridine rings is 1. The van der Waals surface area contributed by atoms with Crippen LogP contribution >= 0.6 is 0 Å². The van der Waals surface area contributed by atoms with Gasteiger partial charge in [0.15, 0.2) is 0 Å². The van der Waals surface area contributed by atoms with E-state index in [1.807, 2.05) is 48.5 Å². The quantitative estimate of drug-likeness (QED) is 0.187. The lowest BCUT2D eigenvalue weighted by atomic mass is 9.91. The maximum Gasteiger partial charge on any atom is 0.410 e. The minimum Gasteiger partial charge on any atom is -0.445 e. The summed E-state index contributed by atoms with van der Waals surface area (Å²) in [7, 11) is 0. The van der Waals surface area contributed by atoms with E-state index >= 15 is 0 Å². The van der Waals surface area contributed by atoms with Crippen molar-refractivity contribution in [2.75, 3.05) is 32.7 Å². The minimum atomic E-state index is -0.602. The number of nitrogens with one attached hydrogen (secondary N) is 1. The molecular formula is C39H44FN5O4. The molecule has 1 saturated carbocycles. The van der Waals surface area contributed by atoms with Crippen molar-refractivity contribution < 1.29 is 23.5 Å². The van der Waals surface area contributed by atoms with Crippen molar-refractivity contribution in [1.29, 1.82) is 0 Å². The van der Waals surface area contributed by atoms with Gasteiger partial charge in [-0.25, -0.2) is 14.2 Å². The first-order valence-electron chi connectivity index (χ1n) is 17.2. The Morgan fingerprint density at radius 1 is 0.857 bits per heavy atom. The molecule has 3 aromatic carbocycles. The van der Waals surface area contributed by atoms with E-state index in [-0.39, 0.29) is 36.2 Å². The van der Waals surface area contributed by atoms with Gasteiger partial charge in [-0.1, -0.05) is 66.7 Å². The minimum absolute atomic E-state index is 0.00891. The molecule has 10 heteroatoms. The molecule has 0 atom stereocenters. The van der Waals surface area contributed by atoms with Crippen molar-refractivity contribution in [1.82, 2.24) is 20.1 Å². The summed E-state index contributed by atoms with van der Waals surface area (Å²) in [5.41, 5.74) is 10.3. The highest BCUT2D eigenvalue weighted by molar-refractivity contribution is 5.96. The molecule has 0 radical (unpaired) electrons. The third-order valence-corrected chi connectivity index (χ3v) is 9.25. The Kier molecular flexibility index (Phi) is 11.5. The molecule has 1 aromatic heterocycles. The van der Waals surface area contributed by atoms with E-state index in [0.29, 0.717) is 18.8 Å². The van der Waals surface area contributed by atoms with Crippen LogP contribution in [0.5, 0.6) is 11.6 Å². The summed E-state index contributed by atoms with van der Waals surface area (Å²) < 4.78 is 25.8. The van der Waals surface area contributed by atoms with Crippen molar-refractivity contribution in [3.8, 4) is 22.8 Å². The van der Waals surface area contributed by atoms with Crippen LogP contribution in [-0.4, -0.2) is 71.6 Å². The van der Waals surface area contributed by atoms with Gasteiger partial charge in [-0.2, -0.15) is 0 Å². The zero-order chi connectivity index (χ0) is 34.0. The molecule has 2 amide bonds. The topological polar surface area (TPSA) is 110 Å². The Balaban J connectivity index is 0.999. The molecule has 6 rings (SSSR count). The summed E-state index contributed by atoms with van der Waals surface area (Å²) in [6.07, 6.45) is 5.99. The largest absolute Gasteiger partial charge is 0.445 e. The number of nitrogens with two attached hydrogens (primary N) is 1. The number of rotatable bonds is 11. The first-order chi connectivity index (χ1) is 23.9. The number of benzene rings is 3. The van der Waals surface area contributed by atoms with Crippen LogP contribution in [0.3, 0.4) is 0 Å². The lowest BCUT2D eigenvalue weighted by Crippen LogP contribution is -2.49. The molecule has 3 N–H and O–H groups in total.